The first-order valence-electron chi connectivity index (χ1n) is 6.08. The van der Waals surface area contributed by atoms with E-state index in [9.17, 15) is 9.59 Å². The molecule has 1 aromatic rings. The minimum absolute atomic E-state index is 0.0201. The number of hydrogen-bond donors (Lipinski definition) is 2. The molecule has 6 heteroatoms. The van der Waals surface area contributed by atoms with Crippen LogP contribution in [0.5, 0.6) is 0 Å². The highest BCUT2D eigenvalue weighted by Gasteiger charge is 2.27. The molecule has 1 aromatic carbocycles. The zero-order chi connectivity index (χ0) is 14.0. The fourth-order valence-electron chi connectivity index (χ4n) is 2.13. The van der Waals surface area contributed by atoms with Gasteiger partial charge in [-0.05, 0) is 24.1 Å². The lowest BCUT2D eigenvalue weighted by molar-refractivity contribution is -0.131. The van der Waals surface area contributed by atoms with E-state index >= 15 is 0 Å². The summed E-state index contributed by atoms with van der Waals surface area (Å²) in [6.45, 7) is 2.68. The quantitative estimate of drug-likeness (QED) is 0.829. The van der Waals surface area contributed by atoms with Crippen LogP contribution in [0.25, 0.3) is 0 Å². The Morgan fingerprint density at radius 2 is 2.32 bits per heavy atom. The normalized spacial score (nSPS) is 18.7. The molecule has 102 valence electrons. The highest BCUT2D eigenvalue weighted by Crippen LogP contribution is 2.23. The van der Waals surface area contributed by atoms with E-state index in [1.54, 1.807) is 23.1 Å². The van der Waals surface area contributed by atoms with Crippen LogP contribution in [0.2, 0.25) is 5.02 Å². The Balaban J connectivity index is 1.96. The number of nitrogen functional groups attached to an aromatic ring is 1. The lowest BCUT2D eigenvalue weighted by Crippen LogP contribution is -2.34. The Hall–Kier alpha value is -1.75. The van der Waals surface area contributed by atoms with Gasteiger partial charge in [0.05, 0.1) is 17.9 Å². The van der Waals surface area contributed by atoms with Crippen LogP contribution in [0, 0.1) is 5.92 Å². The molecule has 1 aliphatic heterocycles. The zero-order valence-electron chi connectivity index (χ0n) is 10.6. The average Bonchev–Trinajstić information content (AvgIpc) is 2.61. The molecule has 1 unspecified atom stereocenters. The van der Waals surface area contributed by atoms with Gasteiger partial charge in [-0.2, -0.15) is 0 Å². The van der Waals surface area contributed by atoms with Crippen molar-refractivity contribution in [2.75, 3.05) is 24.1 Å². The molecule has 1 saturated heterocycles. The first-order chi connectivity index (χ1) is 8.95. The van der Waals surface area contributed by atoms with Crippen molar-refractivity contribution in [3.63, 3.8) is 0 Å². The second-order valence-corrected chi connectivity index (χ2v) is 5.30. The number of carbonyl (C=O) groups is 2. The lowest BCUT2D eigenvalue weighted by Gasteiger charge is -2.16. The molecule has 0 spiro atoms. The van der Waals surface area contributed by atoms with Gasteiger partial charge in [0, 0.05) is 18.0 Å². The van der Waals surface area contributed by atoms with Crippen molar-refractivity contribution in [1.82, 2.24) is 4.90 Å². The molecule has 0 aromatic heterocycles. The first kappa shape index (κ1) is 13.7. The Bertz CT molecular complexity index is 519. The van der Waals surface area contributed by atoms with Gasteiger partial charge < -0.3 is 16.0 Å². The van der Waals surface area contributed by atoms with Crippen LogP contribution in [-0.4, -0.2) is 29.8 Å². The van der Waals surface area contributed by atoms with E-state index in [1.807, 2.05) is 6.92 Å². The number of hydrogen-bond acceptors (Lipinski definition) is 3. The molecule has 3 N–H and O–H groups in total. The van der Waals surface area contributed by atoms with Gasteiger partial charge >= 0.3 is 0 Å². The molecule has 1 atom stereocenters. The smallest absolute Gasteiger partial charge is 0.244 e. The molecule has 0 radical (unpaired) electrons. The van der Waals surface area contributed by atoms with E-state index in [0.717, 1.165) is 0 Å². The summed E-state index contributed by atoms with van der Waals surface area (Å²) in [5, 5.41) is 3.20. The third kappa shape index (κ3) is 3.38. The maximum absolute atomic E-state index is 11.9. The summed E-state index contributed by atoms with van der Waals surface area (Å²) < 4.78 is 0. The first-order valence-corrected chi connectivity index (χ1v) is 6.46. The monoisotopic (exact) mass is 281 g/mol. The largest absolute Gasteiger partial charge is 0.397 e. The number of nitrogens with zero attached hydrogens (tertiary/aromatic N) is 1. The number of rotatable bonds is 3. The molecular formula is C13H16ClN3O2. The molecule has 5 nitrogen and oxygen atoms in total. The SMILES string of the molecule is CC1CC(=O)N(CC(=O)Nc2ccc(Cl)cc2N)C1. The van der Waals surface area contributed by atoms with E-state index in [4.69, 9.17) is 17.3 Å². The second-order valence-electron chi connectivity index (χ2n) is 4.86. The van der Waals surface area contributed by atoms with Gasteiger partial charge in [-0.15, -0.1) is 0 Å². The van der Waals surface area contributed by atoms with E-state index in [1.165, 1.54) is 0 Å². The van der Waals surface area contributed by atoms with Crippen LogP contribution >= 0.6 is 11.6 Å². The Kier molecular flexibility index (Phi) is 3.95. The molecule has 19 heavy (non-hydrogen) atoms. The summed E-state index contributed by atoms with van der Waals surface area (Å²) in [5.74, 6) is 0.0732. The van der Waals surface area contributed by atoms with Crippen molar-refractivity contribution in [1.29, 1.82) is 0 Å². The molecule has 2 rings (SSSR count). The minimum atomic E-state index is -0.253. The number of carbonyl (C=O) groups excluding carboxylic acids is 2. The predicted octanol–water partition coefficient (Wildman–Crippen LogP) is 1.73. The predicted molar refractivity (Wildman–Crippen MR) is 74.9 cm³/mol. The maximum Gasteiger partial charge on any atom is 0.244 e. The van der Waals surface area contributed by atoms with Crippen LogP contribution in [0.1, 0.15) is 13.3 Å². The number of nitrogens with one attached hydrogen (secondary N) is 1. The van der Waals surface area contributed by atoms with Crippen molar-refractivity contribution in [3.05, 3.63) is 23.2 Å². The van der Waals surface area contributed by atoms with E-state index in [0.29, 0.717) is 35.3 Å². The topological polar surface area (TPSA) is 75.4 Å². The number of anilines is 2. The average molecular weight is 282 g/mol. The Labute approximate surface area is 116 Å². The summed E-state index contributed by atoms with van der Waals surface area (Å²) in [6.07, 6.45) is 0.510. The van der Waals surface area contributed by atoms with Crippen LogP contribution in [0.3, 0.4) is 0 Å². The van der Waals surface area contributed by atoms with Gasteiger partial charge in [-0.3, -0.25) is 9.59 Å². The van der Waals surface area contributed by atoms with Crippen molar-refractivity contribution >= 4 is 34.8 Å². The van der Waals surface area contributed by atoms with Crippen LogP contribution in [-0.2, 0) is 9.59 Å². The highest BCUT2D eigenvalue weighted by atomic mass is 35.5. The summed E-state index contributed by atoms with van der Waals surface area (Å²) >= 11 is 5.78. The standard InChI is InChI=1S/C13H16ClN3O2/c1-8-4-13(19)17(6-8)7-12(18)16-11-3-2-9(14)5-10(11)15/h2-3,5,8H,4,6-7,15H2,1H3,(H,16,18). The third-order valence-electron chi connectivity index (χ3n) is 3.03. The van der Waals surface area contributed by atoms with Gasteiger partial charge in [-0.1, -0.05) is 18.5 Å². The number of likely N-dealkylation sites (tertiary alicyclic amines) is 1. The van der Waals surface area contributed by atoms with E-state index < -0.39 is 0 Å². The summed E-state index contributed by atoms with van der Waals surface area (Å²) in [5.41, 5.74) is 6.66. The van der Waals surface area contributed by atoms with Gasteiger partial charge in [0.1, 0.15) is 0 Å². The van der Waals surface area contributed by atoms with Crippen LogP contribution < -0.4 is 11.1 Å². The molecule has 0 aliphatic carbocycles. The number of amides is 2. The molecule has 1 heterocycles. The molecule has 1 aliphatic rings. The van der Waals surface area contributed by atoms with Gasteiger partial charge in [0.15, 0.2) is 0 Å². The van der Waals surface area contributed by atoms with Gasteiger partial charge in [-0.25, -0.2) is 0 Å². The Morgan fingerprint density at radius 3 is 2.89 bits per heavy atom. The van der Waals surface area contributed by atoms with Crippen molar-refractivity contribution in [2.24, 2.45) is 5.92 Å². The van der Waals surface area contributed by atoms with Gasteiger partial charge in [0.2, 0.25) is 11.8 Å². The van der Waals surface area contributed by atoms with Crippen LogP contribution in [0.4, 0.5) is 11.4 Å². The fourth-order valence-corrected chi connectivity index (χ4v) is 2.31. The fraction of sp³-hybridized carbons (Fsp3) is 0.385. The second kappa shape index (κ2) is 5.48. The summed E-state index contributed by atoms with van der Waals surface area (Å²) in [4.78, 5) is 25.0. The van der Waals surface area contributed by atoms with E-state index in [2.05, 4.69) is 5.32 Å². The third-order valence-corrected chi connectivity index (χ3v) is 3.27. The molecular weight excluding hydrogens is 266 g/mol. The van der Waals surface area contributed by atoms with Crippen molar-refractivity contribution < 1.29 is 9.59 Å². The molecule has 0 saturated carbocycles. The van der Waals surface area contributed by atoms with Gasteiger partial charge in [0.25, 0.3) is 0 Å². The summed E-state index contributed by atoms with van der Waals surface area (Å²) in [7, 11) is 0. The van der Waals surface area contributed by atoms with E-state index in [-0.39, 0.29) is 18.4 Å². The summed E-state index contributed by atoms with van der Waals surface area (Å²) in [6, 6.07) is 4.86. The van der Waals surface area contributed by atoms with Crippen molar-refractivity contribution in [2.45, 2.75) is 13.3 Å². The number of nitrogens with two attached hydrogens (primary N) is 1. The minimum Gasteiger partial charge on any atom is -0.397 e. The maximum atomic E-state index is 11.9. The molecule has 2 amide bonds. The molecule has 0 bridgehead atoms. The molecule has 1 fully saturated rings. The van der Waals surface area contributed by atoms with Crippen LogP contribution in [0.15, 0.2) is 18.2 Å². The highest BCUT2D eigenvalue weighted by molar-refractivity contribution is 6.31. The Morgan fingerprint density at radius 1 is 1.58 bits per heavy atom. The zero-order valence-corrected chi connectivity index (χ0v) is 11.4. The van der Waals surface area contributed by atoms with Crippen molar-refractivity contribution in [3.8, 4) is 0 Å². The number of benzene rings is 1. The lowest BCUT2D eigenvalue weighted by atomic mass is 10.2. The number of halogens is 1.